The predicted octanol–water partition coefficient (Wildman–Crippen LogP) is 4.68. The second-order valence-corrected chi connectivity index (χ2v) is 8.85. The van der Waals surface area contributed by atoms with Gasteiger partial charge in [-0.2, -0.15) is 5.10 Å². The number of carbonyl (C=O) groups excluding carboxylic acids is 1. The maximum absolute atomic E-state index is 12.9. The third-order valence-corrected chi connectivity index (χ3v) is 6.14. The van der Waals surface area contributed by atoms with Crippen molar-refractivity contribution in [1.29, 1.82) is 0 Å². The summed E-state index contributed by atoms with van der Waals surface area (Å²) in [5.74, 6) is -0.109. The Morgan fingerprint density at radius 2 is 1.83 bits per heavy atom. The maximum atomic E-state index is 12.9. The molecule has 148 valence electrons. The third kappa shape index (κ3) is 5.30. The van der Waals surface area contributed by atoms with Crippen LogP contribution in [0.3, 0.4) is 0 Å². The van der Waals surface area contributed by atoms with Gasteiger partial charge in [0.25, 0.3) is 0 Å². The van der Waals surface area contributed by atoms with Crippen LogP contribution >= 0.6 is 34.3 Å². The van der Waals surface area contributed by atoms with E-state index in [2.05, 4.69) is 43.2 Å². The quantitative estimate of drug-likeness (QED) is 0.429. The molecule has 0 unspecified atom stereocenters. The van der Waals surface area contributed by atoms with Crippen molar-refractivity contribution >= 4 is 45.9 Å². The summed E-state index contributed by atoms with van der Waals surface area (Å²) in [4.78, 5) is 21.4. The van der Waals surface area contributed by atoms with Crippen LogP contribution in [0.1, 0.15) is 9.75 Å². The Bertz CT molecular complexity index is 1010. The fourth-order valence-electron chi connectivity index (χ4n) is 2.95. The molecule has 0 fully saturated rings. The lowest BCUT2D eigenvalue weighted by molar-refractivity contribution is -0.117. The van der Waals surface area contributed by atoms with E-state index in [9.17, 15) is 4.79 Å². The normalized spacial score (nSPS) is 11.1. The van der Waals surface area contributed by atoms with Gasteiger partial charge in [-0.25, -0.2) is 9.67 Å². The van der Waals surface area contributed by atoms with E-state index in [1.165, 1.54) is 16.1 Å². The number of hydrogen-bond donors (Lipinski definition) is 1. The van der Waals surface area contributed by atoms with Crippen LogP contribution in [0, 0.1) is 0 Å². The maximum Gasteiger partial charge on any atom is 0.238 e. The molecule has 4 aromatic rings. The molecule has 0 bridgehead atoms. The average Bonchev–Trinajstić information content (AvgIpc) is 3.45. The van der Waals surface area contributed by atoms with E-state index in [0.717, 1.165) is 0 Å². The molecular formula is C20H18ClN5OS2. The van der Waals surface area contributed by atoms with Gasteiger partial charge in [0.1, 0.15) is 12.7 Å². The number of benzene rings is 1. The number of hydrogen-bond acceptors (Lipinski definition) is 6. The first-order chi connectivity index (χ1) is 14.2. The van der Waals surface area contributed by atoms with Gasteiger partial charge in [0.15, 0.2) is 0 Å². The molecule has 29 heavy (non-hydrogen) atoms. The van der Waals surface area contributed by atoms with Crippen molar-refractivity contribution in [2.45, 2.75) is 13.1 Å². The highest BCUT2D eigenvalue weighted by molar-refractivity contribution is 7.10. The van der Waals surface area contributed by atoms with Gasteiger partial charge in [-0.3, -0.25) is 9.69 Å². The molecule has 3 heterocycles. The Kier molecular flexibility index (Phi) is 6.36. The molecule has 0 aliphatic carbocycles. The molecule has 4 rings (SSSR count). The summed E-state index contributed by atoms with van der Waals surface area (Å²) in [5.41, 5.74) is 1.31. The fraction of sp³-hybridized carbons (Fsp3) is 0.150. The minimum atomic E-state index is -0.109. The van der Waals surface area contributed by atoms with Gasteiger partial charge in [-0.15, -0.1) is 22.7 Å². The molecule has 3 aromatic heterocycles. The highest BCUT2D eigenvalue weighted by Crippen LogP contribution is 2.24. The molecule has 0 spiro atoms. The Morgan fingerprint density at radius 3 is 2.41 bits per heavy atom. The number of anilines is 1. The van der Waals surface area contributed by atoms with E-state index in [-0.39, 0.29) is 12.5 Å². The van der Waals surface area contributed by atoms with Crippen molar-refractivity contribution in [2.24, 2.45) is 0 Å². The summed E-state index contributed by atoms with van der Waals surface area (Å²) in [7, 11) is 0. The lowest BCUT2D eigenvalue weighted by atomic mass is 10.2. The lowest BCUT2D eigenvalue weighted by Crippen LogP contribution is -2.32. The van der Waals surface area contributed by atoms with Crippen molar-refractivity contribution in [3.05, 3.63) is 80.7 Å². The van der Waals surface area contributed by atoms with E-state index in [0.29, 0.717) is 29.5 Å². The van der Waals surface area contributed by atoms with Gasteiger partial charge in [-0.1, -0.05) is 23.7 Å². The summed E-state index contributed by atoms with van der Waals surface area (Å²) >= 11 is 9.54. The van der Waals surface area contributed by atoms with Gasteiger partial charge in [0.05, 0.1) is 17.9 Å². The number of thiophene rings is 2. The zero-order valence-electron chi connectivity index (χ0n) is 15.4. The molecule has 6 nitrogen and oxygen atoms in total. The van der Waals surface area contributed by atoms with E-state index in [1.54, 1.807) is 45.8 Å². The molecule has 0 aliphatic heterocycles. The van der Waals surface area contributed by atoms with Crippen LogP contribution in [0.2, 0.25) is 5.02 Å². The van der Waals surface area contributed by atoms with Crippen LogP contribution in [0.4, 0.5) is 5.69 Å². The van der Waals surface area contributed by atoms with E-state index < -0.39 is 0 Å². The molecule has 9 heteroatoms. The number of halogens is 1. The van der Waals surface area contributed by atoms with Gasteiger partial charge >= 0.3 is 0 Å². The number of carbonyl (C=O) groups is 1. The highest BCUT2D eigenvalue weighted by atomic mass is 35.5. The van der Waals surface area contributed by atoms with Crippen molar-refractivity contribution in [3.8, 4) is 5.69 Å². The molecule has 0 saturated heterocycles. The van der Waals surface area contributed by atoms with Crippen LogP contribution in [-0.4, -0.2) is 32.1 Å². The van der Waals surface area contributed by atoms with Gasteiger partial charge in [0.2, 0.25) is 5.91 Å². The van der Waals surface area contributed by atoms with Crippen molar-refractivity contribution in [1.82, 2.24) is 19.7 Å². The molecule has 1 aromatic carbocycles. The SMILES string of the molecule is O=C(CN(Cc1cccs1)Cc1cccs1)Nc1cc(Cl)ccc1-n1cncn1. The fourth-order valence-corrected chi connectivity index (χ4v) is 4.61. The van der Waals surface area contributed by atoms with Gasteiger partial charge < -0.3 is 5.32 Å². The number of nitrogens with zero attached hydrogens (tertiary/aromatic N) is 4. The van der Waals surface area contributed by atoms with E-state index >= 15 is 0 Å². The van der Waals surface area contributed by atoms with Gasteiger partial charge in [-0.05, 0) is 41.1 Å². The number of rotatable bonds is 8. The average molecular weight is 444 g/mol. The Morgan fingerprint density at radius 1 is 1.10 bits per heavy atom. The molecule has 1 amide bonds. The molecule has 0 atom stereocenters. The topological polar surface area (TPSA) is 63.1 Å². The second-order valence-electron chi connectivity index (χ2n) is 6.35. The van der Waals surface area contributed by atoms with Crippen LogP contribution in [-0.2, 0) is 17.9 Å². The smallest absolute Gasteiger partial charge is 0.238 e. The first-order valence-electron chi connectivity index (χ1n) is 8.89. The predicted molar refractivity (Wildman–Crippen MR) is 118 cm³/mol. The highest BCUT2D eigenvalue weighted by Gasteiger charge is 2.16. The Balaban J connectivity index is 1.50. The Hall–Kier alpha value is -2.52. The number of aromatic nitrogens is 3. The summed E-state index contributed by atoms with van der Waals surface area (Å²) in [6, 6.07) is 13.5. The third-order valence-electron chi connectivity index (χ3n) is 4.18. The zero-order valence-corrected chi connectivity index (χ0v) is 17.8. The van der Waals surface area contributed by atoms with Crippen LogP contribution in [0.5, 0.6) is 0 Å². The molecular weight excluding hydrogens is 426 g/mol. The first kappa shape index (κ1) is 19.8. The largest absolute Gasteiger partial charge is 0.323 e. The number of amides is 1. The van der Waals surface area contributed by atoms with E-state index in [4.69, 9.17) is 11.6 Å². The molecule has 0 radical (unpaired) electrons. The van der Waals surface area contributed by atoms with Crippen molar-refractivity contribution in [2.75, 3.05) is 11.9 Å². The zero-order chi connectivity index (χ0) is 20.1. The monoisotopic (exact) mass is 443 g/mol. The van der Waals surface area contributed by atoms with Crippen LogP contribution < -0.4 is 5.32 Å². The van der Waals surface area contributed by atoms with Crippen molar-refractivity contribution in [3.63, 3.8) is 0 Å². The first-order valence-corrected chi connectivity index (χ1v) is 11.0. The molecule has 0 aliphatic rings. The Labute approximate surface area is 181 Å². The van der Waals surface area contributed by atoms with Gasteiger partial charge in [0, 0.05) is 27.9 Å². The summed E-state index contributed by atoms with van der Waals surface area (Å²) in [6.45, 7) is 1.70. The summed E-state index contributed by atoms with van der Waals surface area (Å²) in [5, 5.41) is 11.8. The second kappa shape index (κ2) is 9.32. The molecule has 0 saturated carbocycles. The molecule has 1 N–H and O–H groups in total. The minimum absolute atomic E-state index is 0.109. The lowest BCUT2D eigenvalue weighted by Gasteiger charge is -2.21. The summed E-state index contributed by atoms with van der Waals surface area (Å²) in [6.07, 6.45) is 3.03. The van der Waals surface area contributed by atoms with Crippen LogP contribution in [0.15, 0.2) is 65.9 Å². The summed E-state index contributed by atoms with van der Waals surface area (Å²) < 4.78 is 1.60. The number of nitrogens with one attached hydrogen (secondary N) is 1. The van der Waals surface area contributed by atoms with E-state index in [1.807, 2.05) is 18.2 Å². The van der Waals surface area contributed by atoms with Crippen LogP contribution in [0.25, 0.3) is 5.69 Å². The van der Waals surface area contributed by atoms with Crippen molar-refractivity contribution < 1.29 is 4.79 Å². The standard InChI is InChI=1S/C20H18ClN5OS2/c21-15-5-6-19(26-14-22-13-23-26)18(9-15)24-20(27)12-25(10-16-3-1-7-28-16)11-17-4-2-8-29-17/h1-9,13-14H,10-12H2,(H,24,27). The minimum Gasteiger partial charge on any atom is -0.323 e.